The van der Waals surface area contributed by atoms with Crippen LogP contribution in [0.3, 0.4) is 0 Å². The number of phenols is 3. The minimum atomic E-state index is -0.435. The first-order valence-corrected chi connectivity index (χ1v) is 11.2. The van der Waals surface area contributed by atoms with Gasteiger partial charge < -0.3 is 29.5 Å². The molecular weight excluding hydrogens is 420 g/mol. The van der Waals surface area contributed by atoms with Crippen LogP contribution in [-0.4, -0.2) is 54.0 Å². The van der Waals surface area contributed by atoms with Gasteiger partial charge in [0.2, 0.25) is 0 Å². The van der Waals surface area contributed by atoms with Crippen LogP contribution in [0.25, 0.3) is 0 Å². The smallest absolute Gasteiger partial charge is 0.115 e. The first kappa shape index (κ1) is 23.1. The van der Waals surface area contributed by atoms with Crippen LogP contribution in [0.2, 0.25) is 0 Å². The summed E-state index contributed by atoms with van der Waals surface area (Å²) in [4.78, 5) is 0. The van der Waals surface area contributed by atoms with Crippen molar-refractivity contribution in [3.05, 3.63) is 89.5 Å². The molecule has 0 saturated carbocycles. The molecule has 0 aliphatic carbocycles. The monoisotopic (exact) mass is 450 g/mol. The van der Waals surface area contributed by atoms with Gasteiger partial charge in [0.25, 0.3) is 0 Å². The average molecular weight is 451 g/mol. The Morgan fingerprint density at radius 1 is 0.667 bits per heavy atom. The molecule has 0 aromatic heterocycles. The van der Waals surface area contributed by atoms with E-state index in [1.807, 2.05) is 36.4 Å². The lowest BCUT2D eigenvalue weighted by molar-refractivity contribution is 0.102. The molecule has 5 rings (SSSR count). The standard InChI is InChI=1S/C21H20O3.C6H10O3/c1-2-21(15-3-9-18(22)10-4-15,16-5-11-19(23)12-6-16)17-7-13-20(24)14-8-17;1(5-3-8-5)7-2-6-4-9-6/h3-14,22-24H,2H2,1H3;5-6H,1-4H2. The lowest BCUT2D eigenvalue weighted by Gasteiger charge is -2.35. The highest BCUT2D eigenvalue weighted by Gasteiger charge is 2.34. The van der Waals surface area contributed by atoms with E-state index >= 15 is 0 Å². The molecule has 2 aliphatic heterocycles. The number of ether oxygens (including phenoxy) is 3. The SMILES string of the molecule is C(OCC1CO1)C1CO1.CCC(c1ccc(O)cc1)(c1ccc(O)cc1)c1ccc(O)cc1. The average Bonchev–Trinajstić information content (AvgIpc) is 3.75. The maximum atomic E-state index is 9.64. The van der Waals surface area contributed by atoms with Crippen molar-refractivity contribution in [3.8, 4) is 17.2 Å². The largest absolute Gasteiger partial charge is 0.508 e. The molecule has 33 heavy (non-hydrogen) atoms. The van der Waals surface area contributed by atoms with E-state index in [1.54, 1.807) is 36.4 Å². The van der Waals surface area contributed by atoms with Gasteiger partial charge in [0.05, 0.1) is 26.4 Å². The van der Waals surface area contributed by atoms with Crippen LogP contribution in [0, 0.1) is 0 Å². The van der Waals surface area contributed by atoms with Gasteiger partial charge in [-0.15, -0.1) is 0 Å². The zero-order chi connectivity index (χ0) is 23.3. The molecule has 0 amide bonds. The number of hydrogen-bond donors (Lipinski definition) is 3. The number of aromatic hydroxyl groups is 3. The van der Waals surface area contributed by atoms with Crippen molar-refractivity contribution in [2.45, 2.75) is 31.0 Å². The number of hydrogen-bond acceptors (Lipinski definition) is 6. The van der Waals surface area contributed by atoms with Gasteiger partial charge in [-0.3, -0.25) is 0 Å². The minimum Gasteiger partial charge on any atom is -0.508 e. The van der Waals surface area contributed by atoms with Gasteiger partial charge >= 0.3 is 0 Å². The second-order valence-electron chi connectivity index (χ2n) is 8.35. The summed E-state index contributed by atoms with van der Waals surface area (Å²) < 4.78 is 15.1. The first-order valence-electron chi connectivity index (χ1n) is 11.2. The van der Waals surface area contributed by atoms with Crippen molar-refractivity contribution in [3.63, 3.8) is 0 Å². The summed E-state index contributed by atoms with van der Waals surface area (Å²) in [6, 6.07) is 21.6. The molecular formula is C27H30O6. The van der Waals surface area contributed by atoms with Gasteiger partial charge in [-0.2, -0.15) is 0 Å². The normalized spacial score (nSPS) is 18.8. The van der Waals surface area contributed by atoms with Gasteiger partial charge in [-0.25, -0.2) is 0 Å². The van der Waals surface area contributed by atoms with E-state index in [9.17, 15) is 15.3 Å². The molecule has 174 valence electrons. The molecule has 2 aliphatic rings. The maximum absolute atomic E-state index is 9.64. The van der Waals surface area contributed by atoms with E-state index in [0.717, 1.165) is 49.5 Å². The predicted octanol–water partition coefficient (Wildman–Crippen LogP) is 4.35. The van der Waals surface area contributed by atoms with Crippen molar-refractivity contribution in [2.75, 3.05) is 26.4 Å². The van der Waals surface area contributed by atoms with Crippen LogP contribution < -0.4 is 0 Å². The molecule has 6 heteroatoms. The highest BCUT2D eigenvalue weighted by Crippen LogP contribution is 2.43. The number of benzene rings is 3. The Balaban J connectivity index is 0.000000238. The first-order chi connectivity index (χ1) is 16.0. The summed E-state index contributed by atoms with van der Waals surface area (Å²) in [7, 11) is 0. The third kappa shape index (κ3) is 5.85. The quantitative estimate of drug-likeness (QED) is 0.349. The van der Waals surface area contributed by atoms with E-state index in [-0.39, 0.29) is 17.2 Å². The van der Waals surface area contributed by atoms with E-state index < -0.39 is 5.41 Å². The molecule has 6 nitrogen and oxygen atoms in total. The Labute approximate surface area is 194 Å². The lowest BCUT2D eigenvalue weighted by Crippen LogP contribution is -2.28. The zero-order valence-electron chi connectivity index (χ0n) is 18.7. The fraction of sp³-hybridized carbons (Fsp3) is 0.333. The van der Waals surface area contributed by atoms with Crippen molar-refractivity contribution in [1.29, 1.82) is 0 Å². The van der Waals surface area contributed by atoms with Gasteiger partial charge in [0, 0.05) is 5.41 Å². The molecule has 2 fully saturated rings. The van der Waals surface area contributed by atoms with Crippen molar-refractivity contribution < 1.29 is 29.5 Å². The highest BCUT2D eigenvalue weighted by molar-refractivity contribution is 5.52. The summed E-state index contributed by atoms with van der Waals surface area (Å²) in [6.07, 6.45) is 1.57. The third-order valence-electron chi connectivity index (χ3n) is 6.02. The minimum absolute atomic E-state index is 0.222. The van der Waals surface area contributed by atoms with E-state index in [0.29, 0.717) is 12.2 Å². The molecule has 0 radical (unpaired) electrons. The molecule has 3 aromatic carbocycles. The molecule has 2 unspecified atom stereocenters. The highest BCUT2D eigenvalue weighted by atomic mass is 16.6. The molecule has 3 aromatic rings. The number of rotatable bonds is 8. The van der Waals surface area contributed by atoms with Crippen LogP contribution in [-0.2, 0) is 19.6 Å². The Kier molecular flexibility index (Phi) is 7.18. The topological polar surface area (TPSA) is 95.0 Å². The Bertz CT molecular complexity index is 883. The lowest BCUT2D eigenvalue weighted by atomic mass is 9.68. The summed E-state index contributed by atoms with van der Waals surface area (Å²) >= 11 is 0. The predicted molar refractivity (Wildman–Crippen MR) is 125 cm³/mol. The summed E-state index contributed by atoms with van der Waals surface area (Å²) in [6.45, 7) is 5.36. The van der Waals surface area contributed by atoms with Gasteiger partial charge in [-0.1, -0.05) is 43.3 Å². The molecule has 3 N–H and O–H groups in total. The fourth-order valence-electron chi connectivity index (χ4n) is 4.01. The second kappa shape index (κ2) is 10.3. The molecule has 2 saturated heterocycles. The zero-order valence-corrected chi connectivity index (χ0v) is 18.7. The third-order valence-corrected chi connectivity index (χ3v) is 6.02. The Morgan fingerprint density at radius 2 is 0.970 bits per heavy atom. The summed E-state index contributed by atoms with van der Waals surface area (Å²) in [5.41, 5.74) is 2.69. The van der Waals surface area contributed by atoms with Crippen LogP contribution in [0.15, 0.2) is 72.8 Å². The summed E-state index contributed by atoms with van der Waals surface area (Å²) in [5, 5.41) is 28.9. The van der Waals surface area contributed by atoms with E-state index in [1.165, 1.54) is 0 Å². The molecule has 0 spiro atoms. The maximum Gasteiger partial charge on any atom is 0.115 e. The number of phenolic OH excluding ortho intramolecular Hbond substituents is 3. The molecule has 2 heterocycles. The van der Waals surface area contributed by atoms with Crippen LogP contribution in [0.5, 0.6) is 17.2 Å². The summed E-state index contributed by atoms with van der Waals surface area (Å²) in [5.74, 6) is 0.667. The van der Waals surface area contributed by atoms with Gasteiger partial charge in [0.1, 0.15) is 29.5 Å². The number of epoxide rings is 2. The Morgan fingerprint density at radius 3 is 1.21 bits per heavy atom. The van der Waals surface area contributed by atoms with Crippen molar-refractivity contribution in [1.82, 2.24) is 0 Å². The second-order valence-corrected chi connectivity index (χ2v) is 8.35. The molecule has 0 bridgehead atoms. The van der Waals surface area contributed by atoms with Crippen LogP contribution in [0.1, 0.15) is 30.0 Å². The van der Waals surface area contributed by atoms with Crippen LogP contribution >= 0.6 is 0 Å². The van der Waals surface area contributed by atoms with Gasteiger partial charge in [0.15, 0.2) is 0 Å². The van der Waals surface area contributed by atoms with Crippen molar-refractivity contribution >= 4 is 0 Å². The van der Waals surface area contributed by atoms with E-state index in [4.69, 9.17) is 14.2 Å². The van der Waals surface area contributed by atoms with Crippen LogP contribution in [0.4, 0.5) is 0 Å². The Hall–Kier alpha value is -3.06. The fourth-order valence-corrected chi connectivity index (χ4v) is 4.01. The van der Waals surface area contributed by atoms with Gasteiger partial charge in [-0.05, 0) is 59.5 Å². The molecule has 2 atom stereocenters. The van der Waals surface area contributed by atoms with E-state index in [2.05, 4.69) is 6.92 Å². The van der Waals surface area contributed by atoms with Crippen molar-refractivity contribution in [2.24, 2.45) is 0 Å².